The van der Waals surface area contributed by atoms with Gasteiger partial charge in [0, 0.05) is 16.6 Å². The average molecular weight is 298 g/mol. The smallest absolute Gasteiger partial charge is 0.254 e. The number of aliphatic hydroxyl groups is 1. The molecule has 4 heteroatoms. The van der Waals surface area contributed by atoms with Crippen LogP contribution in [0.3, 0.4) is 0 Å². The van der Waals surface area contributed by atoms with Crippen LogP contribution in [0.15, 0.2) is 22.7 Å². The molecular formula is C13H16BrNO2. The van der Waals surface area contributed by atoms with Crippen molar-refractivity contribution in [3.63, 3.8) is 0 Å². The van der Waals surface area contributed by atoms with E-state index >= 15 is 0 Å². The summed E-state index contributed by atoms with van der Waals surface area (Å²) in [7, 11) is 0. The molecule has 1 aliphatic heterocycles. The third-order valence-electron chi connectivity index (χ3n) is 2.98. The molecule has 0 bridgehead atoms. The standard InChI is InChI=1S/C13H16BrNO2/c1-8-11-6-9(14)4-5-10(11)12(16)15(8)7-13(2,3)17/h4-6,8,17H,7H2,1-3H3. The van der Waals surface area contributed by atoms with Crippen LogP contribution in [0.5, 0.6) is 0 Å². The number of benzene rings is 1. The van der Waals surface area contributed by atoms with Crippen molar-refractivity contribution in [2.24, 2.45) is 0 Å². The molecule has 1 heterocycles. The molecule has 1 N–H and O–H groups in total. The van der Waals surface area contributed by atoms with Gasteiger partial charge in [0.05, 0.1) is 11.6 Å². The van der Waals surface area contributed by atoms with E-state index in [9.17, 15) is 9.90 Å². The second kappa shape index (κ2) is 4.10. The van der Waals surface area contributed by atoms with Crippen molar-refractivity contribution >= 4 is 21.8 Å². The fourth-order valence-electron chi connectivity index (χ4n) is 2.20. The molecule has 1 aromatic rings. The van der Waals surface area contributed by atoms with Crippen molar-refractivity contribution in [2.75, 3.05) is 6.54 Å². The zero-order chi connectivity index (χ0) is 12.8. The van der Waals surface area contributed by atoms with Gasteiger partial charge < -0.3 is 10.0 Å². The third-order valence-corrected chi connectivity index (χ3v) is 3.47. The maximum absolute atomic E-state index is 12.2. The van der Waals surface area contributed by atoms with Crippen LogP contribution in [0.4, 0.5) is 0 Å². The summed E-state index contributed by atoms with van der Waals surface area (Å²) >= 11 is 3.41. The monoisotopic (exact) mass is 297 g/mol. The van der Waals surface area contributed by atoms with E-state index in [2.05, 4.69) is 15.9 Å². The maximum Gasteiger partial charge on any atom is 0.254 e. The molecule has 3 nitrogen and oxygen atoms in total. The van der Waals surface area contributed by atoms with Crippen LogP contribution in [0, 0.1) is 0 Å². The fourth-order valence-corrected chi connectivity index (χ4v) is 2.58. The SMILES string of the molecule is CC1c2cc(Br)ccc2C(=O)N1CC(C)(C)O. The lowest BCUT2D eigenvalue weighted by Crippen LogP contribution is -2.40. The zero-order valence-electron chi connectivity index (χ0n) is 10.2. The molecule has 1 amide bonds. The van der Waals surface area contributed by atoms with Crippen LogP contribution in [-0.2, 0) is 0 Å². The van der Waals surface area contributed by atoms with Gasteiger partial charge in [0.1, 0.15) is 0 Å². The number of nitrogens with zero attached hydrogens (tertiary/aromatic N) is 1. The molecule has 1 unspecified atom stereocenters. The summed E-state index contributed by atoms with van der Waals surface area (Å²) in [5.74, 6) is 0.00197. The van der Waals surface area contributed by atoms with Crippen molar-refractivity contribution in [1.29, 1.82) is 0 Å². The molecular weight excluding hydrogens is 282 g/mol. The van der Waals surface area contributed by atoms with Gasteiger partial charge >= 0.3 is 0 Å². The Bertz CT molecular complexity index is 465. The van der Waals surface area contributed by atoms with Gasteiger partial charge in [-0.1, -0.05) is 15.9 Å². The van der Waals surface area contributed by atoms with Gasteiger partial charge in [0.15, 0.2) is 0 Å². The highest BCUT2D eigenvalue weighted by Gasteiger charge is 2.36. The molecule has 0 aliphatic carbocycles. The molecule has 0 saturated carbocycles. The second-order valence-electron chi connectivity index (χ2n) is 5.15. The number of β-amino-alcohol motifs (C(OH)–C–C–N with tert-alkyl or cyclic N) is 1. The first-order valence-corrected chi connectivity index (χ1v) is 6.42. The largest absolute Gasteiger partial charge is 0.389 e. The van der Waals surface area contributed by atoms with E-state index in [4.69, 9.17) is 0 Å². The molecule has 0 aromatic heterocycles. The average Bonchev–Trinajstić information content (AvgIpc) is 2.42. The van der Waals surface area contributed by atoms with Gasteiger partial charge in [-0.05, 0) is 44.5 Å². The number of rotatable bonds is 2. The van der Waals surface area contributed by atoms with Crippen LogP contribution in [-0.4, -0.2) is 28.1 Å². The highest BCUT2D eigenvalue weighted by molar-refractivity contribution is 9.10. The number of carbonyl (C=O) groups excluding carboxylic acids is 1. The van der Waals surface area contributed by atoms with Crippen molar-refractivity contribution < 1.29 is 9.90 Å². The predicted octanol–water partition coefficient (Wildman–Crippen LogP) is 2.74. The van der Waals surface area contributed by atoms with E-state index in [-0.39, 0.29) is 11.9 Å². The van der Waals surface area contributed by atoms with Crippen molar-refractivity contribution in [2.45, 2.75) is 32.4 Å². The van der Waals surface area contributed by atoms with Crippen molar-refractivity contribution in [3.05, 3.63) is 33.8 Å². The summed E-state index contributed by atoms with van der Waals surface area (Å²) in [5, 5.41) is 9.84. The molecule has 92 valence electrons. The minimum absolute atomic E-state index is 0.00197. The Kier molecular flexibility index (Phi) is 3.04. The summed E-state index contributed by atoms with van der Waals surface area (Å²) in [6.07, 6.45) is 0. The van der Waals surface area contributed by atoms with Gasteiger partial charge in [-0.2, -0.15) is 0 Å². The summed E-state index contributed by atoms with van der Waals surface area (Å²) < 4.78 is 0.973. The van der Waals surface area contributed by atoms with Gasteiger partial charge in [-0.15, -0.1) is 0 Å². The normalized spacial score (nSPS) is 19.7. The Balaban J connectivity index is 2.35. The molecule has 17 heavy (non-hydrogen) atoms. The Morgan fingerprint density at radius 3 is 2.71 bits per heavy atom. The van der Waals surface area contributed by atoms with E-state index in [1.807, 2.05) is 25.1 Å². The van der Waals surface area contributed by atoms with Crippen molar-refractivity contribution in [3.8, 4) is 0 Å². The first-order valence-electron chi connectivity index (χ1n) is 5.62. The molecule has 1 aliphatic rings. The van der Waals surface area contributed by atoms with E-state index in [0.717, 1.165) is 15.6 Å². The number of amides is 1. The third kappa shape index (κ3) is 2.38. The van der Waals surface area contributed by atoms with Crippen LogP contribution in [0.1, 0.15) is 42.7 Å². The lowest BCUT2D eigenvalue weighted by molar-refractivity contribution is 0.0243. The van der Waals surface area contributed by atoms with E-state index in [0.29, 0.717) is 6.54 Å². The Hall–Kier alpha value is -0.870. The maximum atomic E-state index is 12.2. The Morgan fingerprint density at radius 2 is 2.12 bits per heavy atom. The number of hydrogen-bond donors (Lipinski definition) is 1. The van der Waals surface area contributed by atoms with Gasteiger partial charge in [0.25, 0.3) is 5.91 Å². The van der Waals surface area contributed by atoms with Crippen LogP contribution in [0.2, 0.25) is 0 Å². The van der Waals surface area contributed by atoms with E-state index < -0.39 is 5.60 Å². The van der Waals surface area contributed by atoms with Crippen molar-refractivity contribution in [1.82, 2.24) is 4.90 Å². The molecule has 1 atom stereocenters. The second-order valence-corrected chi connectivity index (χ2v) is 6.07. The van der Waals surface area contributed by atoms with Crippen LogP contribution >= 0.6 is 15.9 Å². The zero-order valence-corrected chi connectivity index (χ0v) is 11.8. The molecule has 0 saturated heterocycles. The molecule has 0 spiro atoms. The molecule has 0 radical (unpaired) electrons. The fraction of sp³-hybridized carbons (Fsp3) is 0.462. The molecule has 0 fully saturated rings. The lowest BCUT2D eigenvalue weighted by Gasteiger charge is -2.29. The number of hydrogen-bond acceptors (Lipinski definition) is 2. The van der Waals surface area contributed by atoms with E-state index in [1.165, 1.54) is 0 Å². The first kappa shape index (κ1) is 12.6. The topological polar surface area (TPSA) is 40.5 Å². The highest BCUT2D eigenvalue weighted by atomic mass is 79.9. The first-order chi connectivity index (χ1) is 7.79. The molecule has 1 aromatic carbocycles. The van der Waals surface area contributed by atoms with Gasteiger partial charge in [-0.25, -0.2) is 0 Å². The quantitative estimate of drug-likeness (QED) is 0.912. The predicted molar refractivity (Wildman–Crippen MR) is 69.9 cm³/mol. The summed E-state index contributed by atoms with van der Waals surface area (Å²) in [6, 6.07) is 5.70. The minimum atomic E-state index is -0.872. The minimum Gasteiger partial charge on any atom is -0.389 e. The van der Waals surface area contributed by atoms with Crippen LogP contribution in [0.25, 0.3) is 0 Å². The van der Waals surface area contributed by atoms with E-state index in [1.54, 1.807) is 18.7 Å². The number of fused-ring (bicyclic) bond motifs is 1. The Morgan fingerprint density at radius 1 is 1.47 bits per heavy atom. The summed E-state index contributed by atoms with van der Waals surface area (Å²) in [5.41, 5.74) is 0.891. The summed E-state index contributed by atoms with van der Waals surface area (Å²) in [4.78, 5) is 13.9. The van der Waals surface area contributed by atoms with Gasteiger partial charge in [0.2, 0.25) is 0 Å². The number of carbonyl (C=O) groups is 1. The molecule has 2 rings (SSSR count). The lowest BCUT2D eigenvalue weighted by atomic mass is 10.1. The summed E-state index contributed by atoms with van der Waals surface area (Å²) in [6.45, 7) is 5.76. The van der Waals surface area contributed by atoms with Gasteiger partial charge in [-0.3, -0.25) is 4.79 Å². The Labute approximate surface area is 110 Å². The highest BCUT2D eigenvalue weighted by Crippen LogP contribution is 2.35. The number of halogens is 1. The van der Waals surface area contributed by atoms with Crippen LogP contribution < -0.4 is 0 Å².